The lowest BCUT2D eigenvalue weighted by molar-refractivity contribution is -0.138. The molecule has 0 aromatic rings. The smallest absolute Gasteiger partial charge is 0.287 e. The van der Waals surface area contributed by atoms with Crippen LogP contribution < -0.4 is 5.32 Å². The van der Waals surface area contributed by atoms with Gasteiger partial charge in [0.2, 0.25) is 5.78 Å². The Labute approximate surface area is 71.3 Å². The summed E-state index contributed by atoms with van der Waals surface area (Å²) < 4.78 is 0. The Morgan fingerprint density at radius 2 is 1.75 bits per heavy atom. The van der Waals surface area contributed by atoms with Gasteiger partial charge in [0.15, 0.2) is 5.78 Å². The lowest BCUT2D eigenvalue weighted by Gasteiger charge is -2.11. The van der Waals surface area contributed by atoms with Crippen LogP contribution in [0.15, 0.2) is 0 Å². The summed E-state index contributed by atoms with van der Waals surface area (Å²) in [5.74, 6) is -1.40. The van der Waals surface area contributed by atoms with Crippen LogP contribution in [0, 0.1) is 0 Å². The predicted molar refractivity (Wildman–Crippen MR) is 43.6 cm³/mol. The minimum absolute atomic E-state index is 0.132. The fourth-order valence-corrected chi connectivity index (χ4v) is 0.751. The van der Waals surface area contributed by atoms with Gasteiger partial charge in [-0.2, -0.15) is 0 Å². The van der Waals surface area contributed by atoms with E-state index in [4.69, 9.17) is 0 Å². The van der Waals surface area contributed by atoms with E-state index in [-0.39, 0.29) is 5.78 Å². The number of nitrogens with one attached hydrogen (secondary N) is 1. The monoisotopic (exact) mass is 171 g/mol. The first kappa shape index (κ1) is 10.8. The molecule has 0 fully saturated rings. The lowest BCUT2D eigenvalue weighted by Crippen LogP contribution is -2.41. The van der Waals surface area contributed by atoms with Crippen LogP contribution in [0.3, 0.4) is 0 Å². The highest BCUT2D eigenvalue weighted by molar-refractivity contribution is 6.35. The van der Waals surface area contributed by atoms with E-state index in [9.17, 15) is 14.4 Å². The van der Waals surface area contributed by atoms with Crippen molar-refractivity contribution in [3.8, 4) is 0 Å². The zero-order valence-electron chi connectivity index (χ0n) is 7.51. The molecule has 1 atom stereocenters. The van der Waals surface area contributed by atoms with Crippen molar-refractivity contribution >= 4 is 17.5 Å². The molecule has 0 radical (unpaired) electrons. The number of hydrogen-bond acceptors (Lipinski definition) is 3. The second-order valence-electron chi connectivity index (χ2n) is 2.60. The van der Waals surface area contributed by atoms with Crippen LogP contribution in [0.25, 0.3) is 0 Å². The minimum atomic E-state index is -0.697. The van der Waals surface area contributed by atoms with Gasteiger partial charge in [-0.25, -0.2) is 0 Å². The molecule has 4 nitrogen and oxygen atoms in total. The molecule has 0 saturated carbocycles. The molecule has 0 saturated heterocycles. The van der Waals surface area contributed by atoms with Crippen molar-refractivity contribution in [1.82, 2.24) is 5.32 Å². The van der Waals surface area contributed by atoms with Gasteiger partial charge in [-0.05, 0) is 13.3 Å². The molecule has 1 amide bonds. The zero-order valence-corrected chi connectivity index (χ0v) is 7.51. The summed E-state index contributed by atoms with van der Waals surface area (Å²) >= 11 is 0. The second kappa shape index (κ2) is 4.64. The van der Waals surface area contributed by atoms with Crippen LogP contribution in [0.4, 0.5) is 0 Å². The maximum Gasteiger partial charge on any atom is 0.287 e. The maximum absolute atomic E-state index is 10.8. The van der Waals surface area contributed by atoms with E-state index in [1.165, 1.54) is 13.8 Å². The van der Waals surface area contributed by atoms with E-state index in [0.29, 0.717) is 6.42 Å². The van der Waals surface area contributed by atoms with Gasteiger partial charge in [0.05, 0.1) is 6.04 Å². The standard InChI is InChI=1S/C8H13NO3/c1-4-7(5(2)10)9-8(12)6(3)11/h7H,4H2,1-3H3,(H,9,12)/t7-/m0/s1. The van der Waals surface area contributed by atoms with Crippen molar-refractivity contribution in [1.29, 1.82) is 0 Å². The molecular weight excluding hydrogens is 158 g/mol. The van der Waals surface area contributed by atoms with Crippen molar-refractivity contribution < 1.29 is 14.4 Å². The highest BCUT2D eigenvalue weighted by Gasteiger charge is 2.16. The van der Waals surface area contributed by atoms with Crippen molar-refractivity contribution in [3.05, 3.63) is 0 Å². The van der Waals surface area contributed by atoms with Crippen molar-refractivity contribution in [2.45, 2.75) is 33.2 Å². The quantitative estimate of drug-likeness (QED) is 0.608. The first-order chi connectivity index (χ1) is 5.49. The van der Waals surface area contributed by atoms with Crippen LogP contribution in [0.1, 0.15) is 27.2 Å². The van der Waals surface area contributed by atoms with Gasteiger partial charge in [0.1, 0.15) is 0 Å². The maximum atomic E-state index is 10.8. The first-order valence-corrected chi connectivity index (χ1v) is 3.81. The Bertz CT molecular complexity index is 210. The summed E-state index contributed by atoms with van der Waals surface area (Å²) in [5.41, 5.74) is 0. The van der Waals surface area contributed by atoms with E-state index >= 15 is 0 Å². The molecular formula is C8H13NO3. The van der Waals surface area contributed by atoms with Gasteiger partial charge in [0, 0.05) is 6.92 Å². The Morgan fingerprint density at radius 1 is 1.25 bits per heavy atom. The molecule has 0 spiro atoms. The summed E-state index contributed by atoms with van der Waals surface area (Å²) in [6.07, 6.45) is 0.508. The molecule has 0 bridgehead atoms. The molecule has 0 rings (SSSR count). The van der Waals surface area contributed by atoms with Crippen LogP contribution in [0.5, 0.6) is 0 Å². The summed E-state index contributed by atoms with van der Waals surface area (Å²) in [4.78, 5) is 32.1. The summed E-state index contributed by atoms with van der Waals surface area (Å²) in [6, 6.07) is -0.526. The molecule has 0 heterocycles. The van der Waals surface area contributed by atoms with Gasteiger partial charge in [-0.15, -0.1) is 0 Å². The molecule has 1 N–H and O–H groups in total. The largest absolute Gasteiger partial charge is 0.340 e. The summed E-state index contributed by atoms with van der Waals surface area (Å²) in [7, 11) is 0. The molecule has 0 aromatic heterocycles. The molecule has 0 aliphatic rings. The third kappa shape index (κ3) is 3.27. The molecule has 0 aliphatic heterocycles. The summed E-state index contributed by atoms with van der Waals surface area (Å²) in [5, 5.41) is 2.33. The topological polar surface area (TPSA) is 63.2 Å². The Morgan fingerprint density at radius 3 is 2.00 bits per heavy atom. The summed E-state index contributed by atoms with van der Waals surface area (Å²) in [6.45, 7) is 4.32. The van der Waals surface area contributed by atoms with Crippen LogP contribution in [-0.4, -0.2) is 23.5 Å². The third-order valence-electron chi connectivity index (χ3n) is 1.52. The number of carbonyl (C=O) groups is 3. The number of ketones is 2. The fourth-order valence-electron chi connectivity index (χ4n) is 0.751. The molecule has 68 valence electrons. The van der Waals surface area contributed by atoms with E-state index in [2.05, 4.69) is 5.32 Å². The average Bonchev–Trinajstić information content (AvgIpc) is 1.98. The first-order valence-electron chi connectivity index (χ1n) is 3.81. The van der Waals surface area contributed by atoms with Crippen molar-refractivity contribution in [2.24, 2.45) is 0 Å². The van der Waals surface area contributed by atoms with Crippen LogP contribution in [-0.2, 0) is 14.4 Å². The Kier molecular flexibility index (Phi) is 4.18. The zero-order chi connectivity index (χ0) is 9.72. The number of rotatable bonds is 4. The highest BCUT2D eigenvalue weighted by Crippen LogP contribution is 1.92. The van der Waals surface area contributed by atoms with Crippen molar-refractivity contribution in [2.75, 3.05) is 0 Å². The van der Waals surface area contributed by atoms with Crippen LogP contribution >= 0.6 is 0 Å². The van der Waals surface area contributed by atoms with E-state index in [1.54, 1.807) is 6.92 Å². The normalized spacial score (nSPS) is 11.9. The van der Waals surface area contributed by atoms with Gasteiger partial charge in [0.25, 0.3) is 5.91 Å². The molecule has 0 aliphatic carbocycles. The van der Waals surface area contributed by atoms with E-state index < -0.39 is 17.7 Å². The van der Waals surface area contributed by atoms with Gasteiger partial charge in [-0.1, -0.05) is 6.92 Å². The number of hydrogen-bond donors (Lipinski definition) is 1. The second-order valence-corrected chi connectivity index (χ2v) is 2.60. The molecule has 4 heteroatoms. The fraction of sp³-hybridized carbons (Fsp3) is 0.625. The number of carbonyl (C=O) groups excluding carboxylic acids is 3. The highest BCUT2D eigenvalue weighted by atomic mass is 16.2. The number of amides is 1. The lowest BCUT2D eigenvalue weighted by atomic mass is 10.1. The number of Topliss-reactive ketones (excluding diaryl/α,β-unsaturated/α-hetero) is 2. The minimum Gasteiger partial charge on any atom is -0.340 e. The molecule has 0 unspecified atom stereocenters. The molecule has 0 aromatic carbocycles. The molecule has 12 heavy (non-hydrogen) atoms. The van der Waals surface area contributed by atoms with Gasteiger partial charge >= 0.3 is 0 Å². The average molecular weight is 171 g/mol. The van der Waals surface area contributed by atoms with E-state index in [0.717, 1.165) is 0 Å². The SMILES string of the molecule is CC[C@H](NC(=O)C(C)=O)C(C)=O. The Hall–Kier alpha value is -1.19. The van der Waals surface area contributed by atoms with Crippen molar-refractivity contribution in [3.63, 3.8) is 0 Å². The van der Waals surface area contributed by atoms with E-state index in [1.807, 2.05) is 0 Å². The Balaban J connectivity index is 4.12. The van der Waals surface area contributed by atoms with Gasteiger partial charge in [-0.3, -0.25) is 14.4 Å². The van der Waals surface area contributed by atoms with Gasteiger partial charge < -0.3 is 5.32 Å². The third-order valence-corrected chi connectivity index (χ3v) is 1.52. The van der Waals surface area contributed by atoms with Crippen LogP contribution in [0.2, 0.25) is 0 Å². The predicted octanol–water partition coefficient (Wildman–Crippen LogP) is 0.0592.